The number of ether oxygens (including phenoxy) is 2. The Morgan fingerprint density at radius 3 is 2.56 bits per heavy atom. The van der Waals surface area contributed by atoms with Crippen LogP contribution >= 0.6 is 0 Å². The van der Waals surface area contributed by atoms with Crippen molar-refractivity contribution in [1.82, 2.24) is 10.2 Å². The third kappa shape index (κ3) is 4.95. The summed E-state index contributed by atoms with van der Waals surface area (Å²) in [4.78, 5) is 26.9. The number of nitrogens with one attached hydrogen (secondary N) is 1. The Morgan fingerprint density at radius 1 is 1.28 bits per heavy atom. The molecule has 0 radical (unpaired) electrons. The number of rotatable bonds is 6. The van der Waals surface area contributed by atoms with Gasteiger partial charge in [0.2, 0.25) is 11.8 Å². The lowest BCUT2D eigenvalue weighted by molar-refractivity contribution is -0.141. The molecule has 25 heavy (non-hydrogen) atoms. The molecule has 1 heterocycles. The van der Waals surface area contributed by atoms with Gasteiger partial charge in [-0.25, -0.2) is 0 Å². The van der Waals surface area contributed by atoms with E-state index in [1.54, 1.807) is 18.9 Å². The van der Waals surface area contributed by atoms with E-state index in [0.717, 1.165) is 11.3 Å². The van der Waals surface area contributed by atoms with Gasteiger partial charge >= 0.3 is 0 Å². The molecule has 0 unspecified atom stereocenters. The van der Waals surface area contributed by atoms with E-state index < -0.39 is 11.5 Å². The van der Waals surface area contributed by atoms with Crippen LogP contribution in [0.25, 0.3) is 0 Å². The van der Waals surface area contributed by atoms with E-state index in [-0.39, 0.29) is 11.8 Å². The number of carbonyl (C=O) groups is 2. The SMILES string of the molecule is COc1ccccc1CC(C)(C)C(=O)N[C@@H](C)C(=O)N1CCOCC1. The van der Waals surface area contributed by atoms with E-state index in [2.05, 4.69) is 5.32 Å². The van der Waals surface area contributed by atoms with Crippen LogP contribution in [-0.4, -0.2) is 56.2 Å². The van der Waals surface area contributed by atoms with Crippen LogP contribution in [0.1, 0.15) is 26.3 Å². The molecular weight excluding hydrogens is 320 g/mol. The van der Waals surface area contributed by atoms with E-state index in [4.69, 9.17) is 9.47 Å². The van der Waals surface area contributed by atoms with Gasteiger partial charge in [0, 0.05) is 18.5 Å². The fraction of sp³-hybridized carbons (Fsp3) is 0.579. The molecule has 6 heteroatoms. The van der Waals surface area contributed by atoms with Crippen molar-refractivity contribution >= 4 is 11.8 Å². The largest absolute Gasteiger partial charge is 0.496 e. The van der Waals surface area contributed by atoms with Gasteiger partial charge in [-0.15, -0.1) is 0 Å². The lowest BCUT2D eigenvalue weighted by Crippen LogP contribution is -2.52. The second kappa shape index (κ2) is 8.34. The molecular formula is C19H28N2O4. The maximum Gasteiger partial charge on any atom is 0.245 e. The van der Waals surface area contributed by atoms with Crippen molar-refractivity contribution in [2.75, 3.05) is 33.4 Å². The van der Waals surface area contributed by atoms with Crippen molar-refractivity contribution in [2.24, 2.45) is 5.41 Å². The highest BCUT2D eigenvalue weighted by Gasteiger charge is 2.32. The van der Waals surface area contributed by atoms with Crippen molar-refractivity contribution in [2.45, 2.75) is 33.2 Å². The maximum atomic E-state index is 12.7. The molecule has 1 aliphatic heterocycles. The number of nitrogens with zero attached hydrogens (tertiary/aromatic N) is 1. The average Bonchev–Trinajstić information content (AvgIpc) is 2.61. The van der Waals surface area contributed by atoms with Gasteiger partial charge in [-0.2, -0.15) is 0 Å². The number of hydrogen-bond donors (Lipinski definition) is 1. The molecule has 1 aromatic rings. The Bertz CT molecular complexity index is 609. The zero-order valence-corrected chi connectivity index (χ0v) is 15.5. The highest BCUT2D eigenvalue weighted by Crippen LogP contribution is 2.28. The molecule has 2 rings (SSSR count). The summed E-state index contributed by atoms with van der Waals surface area (Å²) >= 11 is 0. The van der Waals surface area contributed by atoms with Crippen molar-refractivity contribution in [3.8, 4) is 5.75 Å². The highest BCUT2D eigenvalue weighted by molar-refractivity contribution is 5.89. The molecule has 0 aliphatic carbocycles. The van der Waals surface area contributed by atoms with E-state index >= 15 is 0 Å². The van der Waals surface area contributed by atoms with Crippen LogP contribution in [0.2, 0.25) is 0 Å². The molecule has 2 amide bonds. The fourth-order valence-corrected chi connectivity index (χ4v) is 2.92. The first-order valence-electron chi connectivity index (χ1n) is 8.64. The van der Waals surface area contributed by atoms with Gasteiger partial charge in [-0.05, 0) is 25.0 Å². The van der Waals surface area contributed by atoms with Gasteiger partial charge < -0.3 is 19.7 Å². The van der Waals surface area contributed by atoms with E-state index in [1.165, 1.54) is 0 Å². The van der Waals surface area contributed by atoms with Crippen molar-refractivity contribution in [3.05, 3.63) is 29.8 Å². The van der Waals surface area contributed by atoms with E-state index in [9.17, 15) is 9.59 Å². The van der Waals surface area contributed by atoms with E-state index in [0.29, 0.717) is 32.7 Å². The summed E-state index contributed by atoms with van der Waals surface area (Å²) < 4.78 is 10.6. The van der Waals surface area contributed by atoms with Crippen LogP contribution in [0.5, 0.6) is 5.75 Å². The Balaban J connectivity index is 1.98. The van der Waals surface area contributed by atoms with Gasteiger partial charge in [-0.3, -0.25) is 9.59 Å². The fourth-order valence-electron chi connectivity index (χ4n) is 2.92. The number of benzene rings is 1. The topological polar surface area (TPSA) is 67.9 Å². The molecule has 1 N–H and O–H groups in total. The van der Waals surface area contributed by atoms with Gasteiger partial charge in [0.25, 0.3) is 0 Å². The number of carbonyl (C=O) groups excluding carboxylic acids is 2. The first kappa shape index (κ1) is 19.2. The molecule has 0 spiro atoms. The normalized spacial score (nSPS) is 16.2. The Labute approximate surface area is 149 Å². The summed E-state index contributed by atoms with van der Waals surface area (Å²) in [5, 5.41) is 2.86. The summed E-state index contributed by atoms with van der Waals surface area (Å²) in [6.45, 7) is 7.72. The van der Waals surface area contributed by atoms with Crippen LogP contribution in [0.4, 0.5) is 0 Å². The highest BCUT2D eigenvalue weighted by atomic mass is 16.5. The zero-order chi connectivity index (χ0) is 18.4. The molecule has 0 saturated carbocycles. The number of hydrogen-bond acceptors (Lipinski definition) is 4. The second-order valence-electron chi connectivity index (χ2n) is 7.01. The Kier molecular flexibility index (Phi) is 6.42. The summed E-state index contributed by atoms with van der Waals surface area (Å²) in [6, 6.07) is 7.11. The summed E-state index contributed by atoms with van der Waals surface area (Å²) in [7, 11) is 1.62. The number of morpholine rings is 1. The predicted octanol–water partition coefficient (Wildman–Crippen LogP) is 1.63. The third-order valence-corrected chi connectivity index (χ3v) is 4.48. The molecule has 1 fully saturated rings. The second-order valence-corrected chi connectivity index (χ2v) is 7.01. The third-order valence-electron chi connectivity index (χ3n) is 4.48. The zero-order valence-electron chi connectivity index (χ0n) is 15.5. The monoisotopic (exact) mass is 348 g/mol. The first-order chi connectivity index (χ1) is 11.8. The lowest BCUT2D eigenvalue weighted by Gasteiger charge is -2.31. The number of amides is 2. The standard InChI is InChI=1S/C19H28N2O4/c1-14(17(22)21-9-11-25-12-10-21)20-18(23)19(2,3)13-15-7-5-6-8-16(15)24-4/h5-8,14H,9-13H2,1-4H3,(H,20,23)/t14-/m0/s1. The number of methoxy groups -OCH3 is 1. The Hall–Kier alpha value is -2.08. The summed E-state index contributed by atoms with van der Waals surface area (Å²) in [6.07, 6.45) is 0.529. The van der Waals surface area contributed by atoms with Crippen molar-refractivity contribution in [1.29, 1.82) is 0 Å². The van der Waals surface area contributed by atoms with Gasteiger partial charge in [0.1, 0.15) is 11.8 Å². The summed E-state index contributed by atoms with van der Waals surface area (Å²) in [5.41, 5.74) is 0.311. The minimum Gasteiger partial charge on any atom is -0.496 e. The van der Waals surface area contributed by atoms with Crippen LogP contribution in [0.3, 0.4) is 0 Å². The lowest BCUT2D eigenvalue weighted by atomic mass is 9.84. The first-order valence-corrected chi connectivity index (χ1v) is 8.64. The van der Waals surface area contributed by atoms with Crippen LogP contribution in [0, 0.1) is 5.41 Å². The molecule has 1 aliphatic rings. The van der Waals surface area contributed by atoms with Crippen LogP contribution in [0.15, 0.2) is 24.3 Å². The van der Waals surface area contributed by atoms with Gasteiger partial charge in [-0.1, -0.05) is 32.0 Å². The molecule has 6 nitrogen and oxygen atoms in total. The molecule has 0 aromatic heterocycles. The molecule has 1 aromatic carbocycles. The molecule has 1 atom stereocenters. The minimum atomic E-state index is -0.659. The van der Waals surface area contributed by atoms with E-state index in [1.807, 2.05) is 38.1 Å². The molecule has 138 valence electrons. The summed E-state index contributed by atoms with van der Waals surface area (Å²) in [5.74, 6) is 0.554. The van der Waals surface area contributed by atoms with Crippen LogP contribution in [-0.2, 0) is 20.7 Å². The van der Waals surface area contributed by atoms with Crippen LogP contribution < -0.4 is 10.1 Å². The molecule has 1 saturated heterocycles. The number of para-hydroxylation sites is 1. The average molecular weight is 348 g/mol. The Morgan fingerprint density at radius 2 is 1.92 bits per heavy atom. The minimum absolute atomic E-state index is 0.0651. The van der Waals surface area contributed by atoms with Gasteiger partial charge in [0.15, 0.2) is 0 Å². The smallest absolute Gasteiger partial charge is 0.245 e. The maximum absolute atomic E-state index is 12.7. The van der Waals surface area contributed by atoms with Crippen molar-refractivity contribution in [3.63, 3.8) is 0 Å². The predicted molar refractivity (Wildman–Crippen MR) is 95.5 cm³/mol. The quantitative estimate of drug-likeness (QED) is 0.848. The van der Waals surface area contributed by atoms with Crippen molar-refractivity contribution < 1.29 is 19.1 Å². The van der Waals surface area contributed by atoms with Gasteiger partial charge in [0.05, 0.1) is 20.3 Å². The molecule has 0 bridgehead atoms.